The molecule has 5 nitrogen and oxygen atoms in total. The summed E-state index contributed by atoms with van der Waals surface area (Å²) in [4.78, 5) is 14.0. The second-order valence-electron chi connectivity index (χ2n) is 5.82. The van der Waals surface area contributed by atoms with Crippen molar-refractivity contribution in [1.82, 2.24) is 4.90 Å². The number of carbonyl (C=O) groups is 1. The van der Waals surface area contributed by atoms with Gasteiger partial charge in [0.05, 0.1) is 18.2 Å². The fourth-order valence-electron chi connectivity index (χ4n) is 2.88. The first-order valence-corrected chi connectivity index (χ1v) is 7.76. The lowest BCUT2D eigenvalue weighted by atomic mass is 9.96. The first-order valence-electron chi connectivity index (χ1n) is 7.76. The number of nitrogens with one attached hydrogen (secondary N) is 1. The molecule has 1 aliphatic rings. The van der Waals surface area contributed by atoms with E-state index in [4.69, 9.17) is 10.4 Å². The minimum atomic E-state index is 0.00440. The molecular weight excluding hydrogens is 278 g/mol. The van der Waals surface area contributed by atoms with Crippen molar-refractivity contribution in [3.63, 3.8) is 0 Å². The van der Waals surface area contributed by atoms with E-state index in [1.54, 1.807) is 25.1 Å². The van der Waals surface area contributed by atoms with Gasteiger partial charge in [0.1, 0.15) is 0 Å². The Hall–Kier alpha value is -1.90. The van der Waals surface area contributed by atoms with Crippen LogP contribution in [-0.2, 0) is 0 Å². The summed E-state index contributed by atoms with van der Waals surface area (Å²) < 4.78 is 0. The van der Waals surface area contributed by atoms with Gasteiger partial charge in [0, 0.05) is 24.3 Å². The molecule has 0 amide bonds. The predicted octanol–water partition coefficient (Wildman–Crippen LogP) is 1.88. The van der Waals surface area contributed by atoms with Crippen molar-refractivity contribution in [2.75, 3.05) is 38.1 Å². The Bertz CT molecular complexity index is 558. The standard InChI is InChI=1S/C17H23N3O2/c1-13(22)16-3-2-15(11-18)10-17(16)19-12-14-4-6-20(7-5-14)8-9-21/h2-3,10,14,19,21H,4-9,12H2,1H3. The predicted molar refractivity (Wildman–Crippen MR) is 85.9 cm³/mol. The van der Waals surface area contributed by atoms with Gasteiger partial charge in [-0.15, -0.1) is 0 Å². The number of nitriles is 1. The number of ketones is 1. The molecule has 0 spiro atoms. The molecule has 1 aliphatic heterocycles. The summed E-state index contributed by atoms with van der Waals surface area (Å²) in [6.45, 7) is 5.32. The average Bonchev–Trinajstić information content (AvgIpc) is 2.54. The monoisotopic (exact) mass is 301 g/mol. The minimum absolute atomic E-state index is 0.00440. The van der Waals surface area contributed by atoms with Crippen LogP contribution >= 0.6 is 0 Å². The molecule has 0 unspecified atom stereocenters. The molecule has 1 aromatic rings. The Balaban J connectivity index is 1.94. The maximum Gasteiger partial charge on any atom is 0.161 e. The number of β-amino-alcohol motifs (C(OH)–C–C–N with tert-alkyl or cyclic N) is 1. The number of likely N-dealkylation sites (tertiary alicyclic amines) is 1. The van der Waals surface area contributed by atoms with Gasteiger partial charge in [0.2, 0.25) is 0 Å². The second-order valence-corrected chi connectivity index (χ2v) is 5.82. The highest BCUT2D eigenvalue weighted by atomic mass is 16.3. The van der Waals surface area contributed by atoms with Crippen molar-refractivity contribution in [3.8, 4) is 6.07 Å². The summed E-state index contributed by atoms with van der Waals surface area (Å²) in [5.41, 5.74) is 1.95. The highest BCUT2D eigenvalue weighted by Crippen LogP contribution is 2.22. The number of aliphatic hydroxyl groups is 1. The summed E-state index contributed by atoms with van der Waals surface area (Å²) in [7, 11) is 0. The Labute approximate surface area is 131 Å². The van der Waals surface area contributed by atoms with Crippen molar-refractivity contribution in [2.24, 2.45) is 5.92 Å². The zero-order chi connectivity index (χ0) is 15.9. The molecule has 1 heterocycles. The van der Waals surface area contributed by atoms with Gasteiger partial charge >= 0.3 is 0 Å². The molecule has 22 heavy (non-hydrogen) atoms. The van der Waals surface area contributed by atoms with Crippen molar-refractivity contribution >= 4 is 11.5 Å². The number of aliphatic hydroxyl groups excluding tert-OH is 1. The summed E-state index contributed by atoms with van der Waals surface area (Å²) in [5, 5.41) is 21.3. The first kappa shape index (κ1) is 16.5. The van der Waals surface area contributed by atoms with Crippen LogP contribution in [0.15, 0.2) is 18.2 Å². The number of rotatable bonds is 6. The smallest absolute Gasteiger partial charge is 0.161 e. The van der Waals surface area contributed by atoms with Gasteiger partial charge < -0.3 is 15.3 Å². The van der Waals surface area contributed by atoms with E-state index in [0.29, 0.717) is 17.0 Å². The number of benzene rings is 1. The van der Waals surface area contributed by atoms with Gasteiger partial charge in [-0.3, -0.25) is 4.79 Å². The Morgan fingerprint density at radius 3 is 2.77 bits per heavy atom. The maximum atomic E-state index is 11.7. The van der Waals surface area contributed by atoms with Crippen LogP contribution < -0.4 is 5.32 Å². The van der Waals surface area contributed by atoms with E-state index >= 15 is 0 Å². The van der Waals surface area contributed by atoms with E-state index in [-0.39, 0.29) is 12.4 Å². The van der Waals surface area contributed by atoms with Crippen LogP contribution in [0.25, 0.3) is 0 Å². The molecule has 0 bridgehead atoms. The number of carbonyl (C=O) groups excluding carboxylic acids is 1. The number of Topliss-reactive ketones (excluding diaryl/α,β-unsaturated/α-hetero) is 1. The van der Waals surface area contributed by atoms with Crippen LogP contribution in [0.5, 0.6) is 0 Å². The SMILES string of the molecule is CC(=O)c1ccc(C#N)cc1NCC1CCN(CCO)CC1. The second kappa shape index (κ2) is 7.92. The lowest BCUT2D eigenvalue weighted by Gasteiger charge is -2.31. The molecule has 0 aliphatic carbocycles. The van der Waals surface area contributed by atoms with E-state index in [9.17, 15) is 4.79 Å². The largest absolute Gasteiger partial charge is 0.395 e. The molecular formula is C17H23N3O2. The number of anilines is 1. The number of nitrogens with zero attached hydrogens (tertiary/aromatic N) is 2. The van der Waals surface area contributed by atoms with Crippen LogP contribution in [-0.4, -0.2) is 48.6 Å². The first-order chi connectivity index (χ1) is 10.6. The summed E-state index contributed by atoms with van der Waals surface area (Å²) >= 11 is 0. The number of hydrogen-bond donors (Lipinski definition) is 2. The molecule has 1 saturated heterocycles. The van der Waals surface area contributed by atoms with Gasteiger partial charge in [0.15, 0.2) is 5.78 Å². The zero-order valence-corrected chi connectivity index (χ0v) is 13.0. The fourth-order valence-corrected chi connectivity index (χ4v) is 2.88. The Morgan fingerprint density at radius 2 is 2.18 bits per heavy atom. The molecule has 2 N–H and O–H groups in total. The third-order valence-corrected chi connectivity index (χ3v) is 4.23. The summed E-state index contributed by atoms with van der Waals surface area (Å²) in [6.07, 6.45) is 2.17. The van der Waals surface area contributed by atoms with E-state index in [2.05, 4.69) is 16.3 Å². The van der Waals surface area contributed by atoms with Crippen LogP contribution in [0.1, 0.15) is 35.7 Å². The normalized spacial score (nSPS) is 16.2. The van der Waals surface area contributed by atoms with Gasteiger partial charge in [-0.2, -0.15) is 5.26 Å². The van der Waals surface area contributed by atoms with Crippen LogP contribution in [0.4, 0.5) is 5.69 Å². The third-order valence-electron chi connectivity index (χ3n) is 4.23. The van der Waals surface area contributed by atoms with Crippen molar-refractivity contribution < 1.29 is 9.90 Å². The Morgan fingerprint density at radius 1 is 1.45 bits per heavy atom. The molecule has 118 valence electrons. The van der Waals surface area contributed by atoms with E-state index in [0.717, 1.165) is 44.7 Å². The molecule has 2 rings (SSSR count). The zero-order valence-electron chi connectivity index (χ0n) is 13.0. The lowest BCUT2D eigenvalue weighted by molar-refractivity contribution is 0.101. The summed E-state index contributed by atoms with van der Waals surface area (Å²) in [6, 6.07) is 7.25. The van der Waals surface area contributed by atoms with Crippen LogP contribution in [0.3, 0.4) is 0 Å². The number of hydrogen-bond acceptors (Lipinski definition) is 5. The highest BCUT2D eigenvalue weighted by Gasteiger charge is 2.19. The van der Waals surface area contributed by atoms with Crippen molar-refractivity contribution in [3.05, 3.63) is 29.3 Å². The van der Waals surface area contributed by atoms with Gasteiger partial charge in [-0.25, -0.2) is 0 Å². The van der Waals surface area contributed by atoms with Crippen molar-refractivity contribution in [2.45, 2.75) is 19.8 Å². The molecule has 0 atom stereocenters. The van der Waals surface area contributed by atoms with Gasteiger partial charge in [-0.05, 0) is 57.0 Å². The lowest BCUT2D eigenvalue weighted by Crippen LogP contribution is -2.37. The molecule has 0 radical (unpaired) electrons. The minimum Gasteiger partial charge on any atom is -0.395 e. The van der Waals surface area contributed by atoms with E-state index < -0.39 is 0 Å². The van der Waals surface area contributed by atoms with Crippen molar-refractivity contribution in [1.29, 1.82) is 5.26 Å². The molecule has 0 saturated carbocycles. The Kier molecular flexibility index (Phi) is 5.93. The van der Waals surface area contributed by atoms with E-state index in [1.165, 1.54) is 0 Å². The third kappa shape index (κ3) is 4.30. The average molecular weight is 301 g/mol. The molecule has 1 fully saturated rings. The van der Waals surface area contributed by atoms with Crippen LogP contribution in [0, 0.1) is 17.2 Å². The van der Waals surface area contributed by atoms with Gasteiger partial charge in [-0.1, -0.05) is 0 Å². The molecule has 1 aromatic carbocycles. The quantitative estimate of drug-likeness (QED) is 0.785. The topological polar surface area (TPSA) is 76.4 Å². The summed E-state index contributed by atoms with van der Waals surface area (Å²) in [5.74, 6) is 0.560. The molecule has 5 heteroatoms. The van der Waals surface area contributed by atoms with Crippen LogP contribution in [0.2, 0.25) is 0 Å². The number of piperidine rings is 1. The fraction of sp³-hybridized carbons (Fsp3) is 0.529. The van der Waals surface area contributed by atoms with Gasteiger partial charge in [0.25, 0.3) is 0 Å². The highest BCUT2D eigenvalue weighted by molar-refractivity contribution is 5.99. The van der Waals surface area contributed by atoms with E-state index in [1.807, 2.05) is 0 Å². The molecule has 0 aromatic heterocycles. The maximum absolute atomic E-state index is 11.7.